The molecule has 0 aromatic rings. The van der Waals surface area contributed by atoms with Crippen molar-refractivity contribution in [3.8, 4) is 0 Å². The Balaban J connectivity index is 4.22. The minimum atomic E-state index is -4.38. The van der Waals surface area contributed by atoms with E-state index in [4.69, 9.17) is 24.3 Å². The molecule has 0 saturated heterocycles. The van der Waals surface area contributed by atoms with Gasteiger partial charge in [-0.25, -0.2) is 4.57 Å². The normalized spacial score (nSPS) is 13.8. The molecule has 0 radical (unpaired) electrons. The van der Waals surface area contributed by atoms with E-state index in [-0.39, 0.29) is 32.6 Å². The van der Waals surface area contributed by atoms with Crippen molar-refractivity contribution in [3.63, 3.8) is 0 Å². The summed E-state index contributed by atoms with van der Waals surface area (Å²) in [6.45, 7) is 3.66. The van der Waals surface area contributed by atoms with Crippen molar-refractivity contribution in [3.05, 3.63) is 48.6 Å². The van der Waals surface area contributed by atoms with E-state index in [1.807, 2.05) is 0 Å². The molecule has 0 aromatic heterocycles. The predicted molar refractivity (Wildman–Crippen MR) is 220 cm³/mol. The van der Waals surface area contributed by atoms with E-state index in [1.54, 1.807) is 0 Å². The van der Waals surface area contributed by atoms with Crippen molar-refractivity contribution in [1.82, 2.24) is 0 Å². The molecule has 308 valence electrons. The Labute approximate surface area is 324 Å². The quantitative estimate of drug-likeness (QED) is 0.0271. The van der Waals surface area contributed by atoms with Crippen LogP contribution in [-0.4, -0.2) is 49.3 Å². The van der Waals surface area contributed by atoms with E-state index in [2.05, 4.69) is 62.5 Å². The molecule has 0 spiro atoms. The minimum absolute atomic E-state index is 0.0482. The highest BCUT2D eigenvalue weighted by Crippen LogP contribution is 2.43. The van der Waals surface area contributed by atoms with Crippen LogP contribution in [0, 0.1) is 0 Å². The summed E-state index contributed by atoms with van der Waals surface area (Å²) in [5.41, 5.74) is 5.34. The number of hydrogen-bond donors (Lipinski definition) is 2. The summed E-state index contributed by atoms with van der Waals surface area (Å²) >= 11 is 0. The first-order valence-corrected chi connectivity index (χ1v) is 22.6. The lowest BCUT2D eigenvalue weighted by Crippen LogP contribution is -2.29. The molecule has 9 nitrogen and oxygen atoms in total. The fourth-order valence-electron chi connectivity index (χ4n) is 5.56. The molecule has 0 amide bonds. The van der Waals surface area contributed by atoms with Crippen LogP contribution in [0.2, 0.25) is 0 Å². The molecule has 0 aliphatic rings. The Morgan fingerprint density at radius 1 is 0.566 bits per heavy atom. The van der Waals surface area contributed by atoms with Crippen LogP contribution in [0.25, 0.3) is 0 Å². The Morgan fingerprint density at radius 2 is 0.981 bits per heavy atom. The molecular formula is C43H78NO8P. The van der Waals surface area contributed by atoms with Gasteiger partial charge in [0.2, 0.25) is 0 Å². The Bertz CT molecular complexity index is 1010. The highest BCUT2D eigenvalue weighted by atomic mass is 31.2. The maximum atomic E-state index is 12.5. The first-order valence-electron chi connectivity index (χ1n) is 21.1. The van der Waals surface area contributed by atoms with Crippen LogP contribution in [-0.2, 0) is 32.7 Å². The summed E-state index contributed by atoms with van der Waals surface area (Å²) in [5.74, 6) is -0.864. The first kappa shape index (κ1) is 51.0. The predicted octanol–water partition coefficient (Wildman–Crippen LogP) is 11.9. The summed E-state index contributed by atoms with van der Waals surface area (Å²) in [4.78, 5) is 34.8. The van der Waals surface area contributed by atoms with Gasteiger partial charge in [-0.2, -0.15) is 0 Å². The lowest BCUT2D eigenvalue weighted by Gasteiger charge is -2.19. The lowest BCUT2D eigenvalue weighted by atomic mass is 10.0. The van der Waals surface area contributed by atoms with Crippen LogP contribution in [0.15, 0.2) is 48.6 Å². The number of ether oxygens (including phenoxy) is 2. The van der Waals surface area contributed by atoms with E-state index in [0.717, 1.165) is 57.8 Å². The summed E-state index contributed by atoms with van der Waals surface area (Å²) in [7, 11) is -4.38. The van der Waals surface area contributed by atoms with Crippen molar-refractivity contribution in [2.75, 3.05) is 26.4 Å². The summed E-state index contributed by atoms with van der Waals surface area (Å²) in [6.07, 6.45) is 44.2. The smallest absolute Gasteiger partial charge is 0.462 e. The van der Waals surface area contributed by atoms with Gasteiger partial charge in [0.1, 0.15) is 6.61 Å². The molecule has 0 fully saturated rings. The SMILES string of the molecule is CCCCCC=CCC=CCC=CCC=CCCCCCC(=O)OC[C@H](COP(=O)(O)OCCN)OC(=O)CCCCCCCCCCCCCCC. The van der Waals surface area contributed by atoms with E-state index < -0.39 is 32.5 Å². The van der Waals surface area contributed by atoms with Crippen molar-refractivity contribution in [2.45, 2.75) is 187 Å². The fraction of sp³-hybridized carbons (Fsp3) is 0.767. The summed E-state index contributed by atoms with van der Waals surface area (Å²) < 4.78 is 32.7. The molecule has 1 unspecified atom stereocenters. The van der Waals surface area contributed by atoms with Gasteiger partial charge in [0.05, 0.1) is 13.2 Å². The molecule has 0 aromatic carbocycles. The third kappa shape index (κ3) is 39.5. The van der Waals surface area contributed by atoms with Crippen molar-refractivity contribution >= 4 is 19.8 Å². The monoisotopic (exact) mass is 768 g/mol. The molecule has 0 rings (SSSR count). The number of esters is 2. The second-order valence-corrected chi connectivity index (χ2v) is 15.3. The number of rotatable bonds is 39. The van der Waals surface area contributed by atoms with Gasteiger partial charge in [-0.05, 0) is 57.8 Å². The van der Waals surface area contributed by atoms with Gasteiger partial charge in [-0.15, -0.1) is 0 Å². The molecule has 0 saturated carbocycles. The summed E-state index contributed by atoms with van der Waals surface area (Å²) in [6, 6.07) is 0. The van der Waals surface area contributed by atoms with Gasteiger partial charge in [0.25, 0.3) is 0 Å². The number of phosphoric acid groups is 1. The Morgan fingerprint density at radius 3 is 1.49 bits per heavy atom. The van der Waals surface area contributed by atoms with Gasteiger partial charge in [0, 0.05) is 19.4 Å². The third-order valence-corrected chi connectivity index (χ3v) is 9.70. The molecular weight excluding hydrogens is 689 g/mol. The Hall–Kier alpha value is -2.03. The molecule has 2 atom stereocenters. The van der Waals surface area contributed by atoms with Crippen LogP contribution < -0.4 is 5.73 Å². The number of carbonyl (C=O) groups excluding carboxylic acids is 2. The van der Waals surface area contributed by atoms with E-state index in [0.29, 0.717) is 12.8 Å². The van der Waals surface area contributed by atoms with E-state index >= 15 is 0 Å². The summed E-state index contributed by atoms with van der Waals surface area (Å²) in [5, 5.41) is 0. The molecule has 0 heterocycles. The highest BCUT2D eigenvalue weighted by Gasteiger charge is 2.26. The zero-order valence-corrected chi connectivity index (χ0v) is 34.6. The number of carbonyl (C=O) groups is 2. The van der Waals surface area contributed by atoms with Crippen molar-refractivity contribution in [1.29, 1.82) is 0 Å². The maximum Gasteiger partial charge on any atom is 0.472 e. The molecule has 0 bridgehead atoms. The van der Waals surface area contributed by atoms with Gasteiger partial charge in [-0.1, -0.05) is 159 Å². The molecule has 3 N–H and O–H groups in total. The van der Waals surface area contributed by atoms with Crippen LogP contribution >= 0.6 is 7.82 Å². The zero-order valence-electron chi connectivity index (χ0n) is 33.7. The van der Waals surface area contributed by atoms with Gasteiger partial charge >= 0.3 is 19.8 Å². The van der Waals surface area contributed by atoms with Crippen LogP contribution in [0.5, 0.6) is 0 Å². The van der Waals surface area contributed by atoms with Crippen LogP contribution in [0.1, 0.15) is 181 Å². The van der Waals surface area contributed by atoms with E-state index in [9.17, 15) is 19.0 Å². The highest BCUT2D eigenvalue weighted by molar-refractivity contribution is 7.47. The molecule has 0 aliphatic heterocycles. The second kappa shape index (κ2) is 39.7. The number of hydrogen-bond acceptors (Lipinski definition) is 8. The van der Waals surface area contributed by atoms with Crippen LogP contribution in [0.3, 0.4) is 0 Å². The van der Waals surface area contributed by atoms with Crippen LogP contribution in [0.4, 0.5) is 0 Å². The lowest BCUT2D eigenvalue weighted by molar-refractivity contribution is -0.161. The van der Waals surface area contributed by atoms with Crippen molar-refractivity contribution < 1.29 is 37.6 Å². The van der Waals surface area contributed by atoms with Gasteiger partial charge in [-0.3, -0.25) is 18.6 Å². The third-order valence-electron chi connectivity index (χ3n) is 8.72. The zero-order chi connectivity index (χ0) is 38.9. The van der Waals surface area contributed by atoms with Gasteiger partial charge in [0.15, 0.2) is 6.10 Å². The average Bonchev–Trinajstić information content (AvgIpc) is 3.14. The molecule has 10 heteroatoms. The van der Waals surface area contributed by atoms with Gasteiger partial charge < -0.3 is 20.1 Å². The number of unbranched alkanes of at least 4 members (excludes halogenated alkanes) is 18. The molecule has 0 aliphatic carbocycles. The molecule has 53 heavy (non-hydrogen) atoms. The number of nitrogens with two attached hydrogens (primary N) is 1. The second-order valence-electron chi connectivity index (χ2n) is 13.9. The standard InChI is InChI=1S/C43H78NO8P/c1-3-5-7-9-11-13-15-17-18-19-20-21-22-24-25-27-29-31-33-35-42(45)49-39-41(40-51-53(47,48)50-38-37-44)52-43(46)36-34-32-30-28-26-23-16-14-12-10-8-6-4-2/h11,13,17-18,20-21,24-25,41H,3-10,12,14-16,19,22-23,26-40,44H2,1-2H3,(H,47,48)/t41-/m1/s1. The minimum Gasteiger partial charge on any atom is -0.462 e. The maximum absolute atomic E-state index is 12.5. The van der Waals surface area contributed by atoms with Crippen molar-refractivity contribution in [2.24, 2.45) is 5.73 Å². The Kier molecular flexibility index (Phi) is 38.1. The van der Waals surface area contributed by atoms with E-state index in [1.165, 1.54) is 83.5 Å². The largest absolute Gasteiger partial charge is 0.472 e. The average molecular weight is 768 g/mol. The first-order chi connectivity index (χ1) is 25.8. The number of allylic oxidation sites excluding steroid dienone is 8. The number of phosphoric ester groups is 1. The fourth-order valence-corrected chi connectivity index (χ4v) is 6.32. The topological polar surface area (TPSA) is 134 Å².